The van der Waals surface area contributed by atoms with E-state index in [9.17, 15) is 9.59 Å². The minimum absolute atomic E-state index is 0.0224. The van der Waals surface area contributed by atoms with Gasteiger partial charge in [0, 0.05) is 20.6 Å². The van der Waals surface area contributed by atoms with Gasteiger partial charge in [-0.15, -0.1) is 0 Å². The Balaban J connectivity index is 2.52. The molecule has 0 fully saturated rings. The molecular weight excluding hydrogens is 392 g/mol. The summed E-state index contributed by atoms with van der Waals surface area (Å²) in [6, 6.07) is 3.53. The lowest BCUT2D eigenvalue weighted by atomic mass is 9.89. The molecule has 1 aromatic rings. The van der Waals surface area contributed by atoms with E-state index in [4.69, 9.17) is 15.3 Å². The van der Waals surface area contributed by atoms with E-state index < -0.39 is 16.8 Å². The number of nitriles is 2. The van der Waals surface area contributed by atoms with Crippen molar-refractivity contribution in [3.8, 4) is 12.1 Å². The molecule has 1 aliphatic heterocycles. The van der Waals surface area contributed by atoms with Crippen molar-refractivity contribution < 1.29 is 4.74 Å². The van der Waals surface area contributed by atoms with Gasteiger partial charge in [0.2, 0.25) is 10.9 Å². The Bertz CT molecular complexity index is 980. The predicted octanol–water partition coefficient (Wildman–Crippen LogP) is 4.57. The Labute approximate surface area is 173 Å². The van der Waals surface area contributed by atoms with Gasteiger partial charge in [0.15, 0.2) is 16.1 Å². The summed E-state index contributed by atoms with van der Waals surface area (Å²) in [4.78, 5) is 23.9. The van der Waals surface area contributed by atoms with Crippen molar-refractivity contribution in [2.75, 3.05) is 0 Å². The molecule has 0 amide bonds. The summed E-state index contributed by atoms with van der Waals surface area (Å²) in [5.74, 6) is -1.24. The molecule has 0 aromatic heterocycles. The molecule has 0 atom stereocenters. The van der Waals surface area contributed by atoms with Crippen LogP contribution in [0.25, 0.3) is 6.08 Å². The van der Waals surface area contributed by atoms with E-state index in [0.717, 1.165) is 0 Å². The maximum absolute atomic E-state index is 12.0. The summed E-state index contributed by atoms with van der Waals surface area (Å²) in [6.07, 6.45) is 5.17. The molecular formula is C21H22N2O3S2. The van der Waals surface area contributed by atoms with Crippen LogP contribution in [0.4, 0.5) is 0 Å². The smallest absolute Gasteiger partial charge is 0.233 e. The Morgan fingerprint density at radius 1 is 0.929 bits per heavy atom. The van der Waals surface area contributed by atoms with Gasteiger partial charge >= 0.3 is 0 Å². The predicted molar refractivity (Wildman–Crippen MR) is 115 cm³/mol. The zero-order chi connectivity index (χ0) is 21.3. The molecule has 0 bridgehead atoms. The van der Waals surface area contributed by atoms with E-state index in [1.165, 1.54) is 0 Å². The summed E-state index contributed by atoms with van der Waals surface area (Å²) in [5.41, 5.74) is -0.629. The first-order valence-electron chi connectivity index (χ1n) is 8.68. The van der Waals surface area contributed by atoms with Crippen molar-refractivity contribution in [1.29, 1.82) is 10.5 Å². The third-order valence-electron chi connectivity index (χ3n) is 3.43. The van der Waals surface area contributed by atoms with E-state index in [2.05, 4.69) is 41.5 Å². The van der Waals surface area contributed by atoms with Gasteiger partial charge in [-0.05, 0) is 23.8 Å². The van der Waals surface area contributed by atoms with Crippen molar-refractivity contribution in [1.82, 2.24) is 0 Å². The molecule has 0 N–H and O–H groups in total. The van der Waals surface area contributed by atoms with Crippen LogP contribution >= 0.6 is 23.5 Å². The van der Waals surface area contributed by atoms with E-state index >= 15 is 0 Å². The number of nitrogens with zero attached hydrogens (tertiary/aromatic N) is 2. The van der Waals surface area contributed by atoms with Gasteiger partial charge in [0.1, 0.15) is 0 Å². The molecule has 0 saturated carbocycles. The number of rotatable bonds is 4. The number of hydrogen-bond acceptors (Lipinski definition) is 7. The quantitative estimate of drug-likeness (QED) is 0.666. The number of allylic oxidation sites excluding steroid dienone is 3. The average Bonchev–Trinajstić information content (AvgIpc) is 2.54. The van der Waals surface area contributed by atoms with Crippen molar-refractivity contribution in [2.24, 2.45) is 0 Å². The van der Waals surface area contributed by atoms with E-state index in [-0.39, 0.29) is 20.6 Å². The van der Waals surface area contributed by atoms with E-state index in [1.807, 2.05) is 0 Å². The Morgan fingerprint density at radius 2 is 1.39 bits per heavy atom. The van der Waals surface area contributed by atoms with Crippen LogP contribution in [-0.4, -0.2) is 9.49 Å². The summed E-state index contributed by atoms with van der Waals surface area (Å²) in [7, 11) is 0. The van der Waals surface area contributed by atoms with Gasteiger partial charge in [-0.3, -0.25) is 9.59 Å². The van der Waals surface area contributed by atoms with Gasteiger partial charge in [-0.25, -0.2) is 0 Å². The van der Waals surface area contributed by atoms with E-state index in [1.54, 1.807) is 53.9 Å². The summed E-state index contributed by atoms with van der Waals surface area (Å²) >= 11 is 3.11. The van der Waals surface area contributed by atoms with Gasteiger partial charge in [-0.1, -0.05) is 65.1 Å². The highest BCUT2D eigenvalue weighted by Gasteiger charge is 2.28. The lowest BCUT2D eigenvalue weighted by molar-refractivity contribution is 0.367. The fraction of sp³-hybridized carbons (Fsp3) is 0.429. The number of thioether (sulfide) groups is 2. The molecule has 7 heteroatoms. The van der Waals surface area contributed by atoms with Gasteiger partial charge in [0.25, 0.3) is 0 Å². The van der Waals surface area contributed by atoms with Gasteiger partial charge in [-0.2, -0.15) is 10.5 Å². The zero-order valence-electron chi connectivity index (χ0n) is 16.7. The fourth-order valence-corrected chi connectivity index (χ4v) is 4.35. The first kappa shape index (κ1) is 22.1. The van der Waals surface area contributed by atoms with Crippen molar-refractivity contribution in [2.45, 2.75) is 57.0 Å². The molecule has 2 rings (SSSR count). The third kappa shape index (κ3) is 5.41. The molecule has 0 unspecified atom stereocenters. The molecule has 0 aliphatic carbocycles. The first-order valence-corrected chi connectivity index (χ1v) is 10.3. The summed E-state index contributed by atoms with van der Waals surface area (Å²) < 4.78 is 5.84. The molecule has 1 aromatic carbocycles. The number of ether oxygens (including phenoxy) is 1. The minimum Gasteiger partial charge on any atom is -0.444 e. The normalized spacial score (nSPS) is 14.8. The van der Waals surface area contributed by atoms with Gasteiger partial charge < -0.3 is 4.74 Å². The van der Waals surface area contributed by atoms with Gasteiger partial charge in [0.05, 0.1) is 12.1 Å². The lowest BCUT2D eigenvalue weighted by Gasteiger charge is -2.26. The second-order valence-corrected chi connectivity index (χ2v) is 11.9. The maximum atomic E-state index is 12.0. The average molecular weight is 415 g/mol. The fourth-order valence-electron chi connectivity index (χ4n) is 2.44. The summed E-state index contributed by atoms with van der Waals surface area (Å²) in [6.45, 7) is 12.4. The summed E-state index contributed by atoms with van der Waals surface area (Å²) in [5, 5.41) is 19.5. The van der Waals surface area contributed by atoms with E-state index in [0.29, 0.717) is 15.8 Å². The van der Waals surface area contributed by atoms with Crippen LogP contribution in [0.15, 0.2) is 37.5 Å². The van der Waals surface area contributed by atoms with Crippen LogP contribution < -0.4 is 10.9 Å². The van der Waals surface area contributed by atoms with Crippen molar-refractivity contribution >= 4 is 29.6 Å². The second kappa shape index (κ2) is 8.03. The Hall–Kier alpha value is -2.22. The van der Waals surface area contributed by atoms with Crippen LogP contribution in [0, 0.1) is 22.7 Å². The van der Waals surface area contributed by atoms with Crippen LogP contribution in [0.5, 0.6) is 0 Å². The molecule has 146 valence electrons. The first-order chi connectivity index (χ1) is 12.8. The highest BCUT2D eigenvalue weighted by molar-refractivity contribution is 8.05. The zero-order valence-corrected chi connectivity index (χ0v) is 18.4. The van der Waals surface area contributed by atoms with Crippen LogP contribution in [0.2, 0.25) is 0 Å². The lowest BCUT2D eigenvalue weighted by Crippen LogP contribution is -2.39. The molecule has 1 aliphatic rings. The highest BCUT2D eigenvalue weighted by Crippen LogP contribution is 2.42. The largest absolute Gasteiger partial charge is 0.444 e. The van der Waals surface area contributed by atoms with Crippen LogP contribution in [-0.2, 0) is 4.74 Å². The highest BCUT2D eigenvalue weighted by atomic mass is 32.2. The molecule has 0 radical (unpaired) electrons. The molecule has 28 heavy (non-hydrogen) atoms. The molecule has 1 heterocycles. The molecule has 5 nitrogen and oxygen atoms in total. The molecule has 0 saturated heterocycles. The monoisotopic (exact) mass is 414 g/mol. The van der Waals surface area contributed by atoms with Crippen LogP contribution in [0.3, 0.4) is 0 Å². The SMILES string of the molecule is CC(C)(C)SC1=CC(=Cc2c(C(C#N)C#N)c(=O)c2=O)C=C(SC(C)(C)C)O1. The maximum Gasteiger partial charge on any atom is 0.233 e. The minimum atomic E-state index is -1.24. The standard InChI is InChI=1S/C21H22N2O3S2/c1-20(2,3)27-15-8-12(9-16(26-15)28-21(4,5)6)7-14-17(13(10-22)11-23)19(25)18(14)24/h7-9,13H,1-6H3. The van der Waals surface area contributed by atoms with Crippen molar-refractivity contribution in [3.05, 3.63) is 59.5 Å². The Morgan fingerprint density at radius 3 is 1.79 bits per heavy atom. The third-order valence-corrected chi connectivity index (χ3v) is 5.46. The van der Waals surface area contributed by atoms with Crippen molar-refractivity contribution in [3.63, 3.8) is 0 Å². The topological polar surface area (TPSA) is 91.0 Å². The molecule has 0 spiro atoms. The second-order valence-electron chi connectivity index (χ2n) is 8.28. The van der Waals surface area contributed by atoms with Crippen LogP contribution in [0.1, 0.15) is 58.6 Å². The Kier molecular flexibility index (Phi) is 6.33. The number of hydrogen-bond donors (Lipinski definition) is 0.